The van der Waals surface area contributed by atoms with Gasteiger partial charge in [-0.3, -0.25) is 8.98 Å². The summed E-state index contributed by atoms with van der Waals surface area (Å²) in [7, 11) is -3.46. The number of hydrogen-bond acceptors (Lipinski definition) is 4. The maximum absolute atomic E-state index is 11.8. The van der Waals surface area contributed by atoms with Crippen molar-refractivity contribution in [3.8, 4) is 0 Å². The van der Waals surface area contributed by atoms with Gasteiger partial charge in [0.1, 0.15) is 0 Å². The van der Waals surface area contributed by atoms with Crippen LogP contribution in [0, 0.1) is 0 Å². The van der Waals surface area contributed by atoms with Crippen molar-refractivity contribution in [2.75, 3.05) is 12.9 Å². The Balaban J connectivity index is 2.02. The Morgan fingerprint density at radius 2 is 2.00 bits per heavy atom. The summed E-state index contributed by atoms with van der Waals surface area (Å²) in [5.41, 5.74) is 1.03. The normalized spacial score (nSPS) is 19.9. The molecule has 0 aromatic heterocycles. The van der Waals surface area contributed by atoms with Gasteiger partial charge in [0.2, 0.25) is 5.91 Å². The van der Waals surface area contributed by atoms with Gasteiger partial charge in [-0.1, -0.05) is 30.3 Å². The minimum absolute atomic E-state index is 0.0391. The molecule has 1 aliphatic heterocycles. The summed E-state index contributed by atoms with van der Waals surface area (Å²) in [4.78, 5) is 13.5. The molecular weight excluding hydrogens is 266 g/mol. The van der Waals surface area contributed by atoms with Crippen molar-refractivity contribution in [2.45, 2.75) is 25.4 Å². The summed E-state index contributed by atoms with van der Waals surface area (Å²) in [6, 6.07) is 9.47. The molecule has 0 aliphatic carbocycles. The maximum Gasteiger partial charge on any atom is 0.264 e. The van der Waals surface area contributed by atoms with Crippen molar-refractivity contribution in [3.63, 3.8) is 0 Å². The van der Waals surface area contributed by atoms with Crippen LogP contribution in [0.1, 0.15) is 18.4 Å². The van der Waals surface area contributed by atoms with Crippen molar-refractivity contribution in [2.24, 2.45) is 0 Å². The van der Waals surface area contributed by atoms with Gasteiger partial charge in [0.25, 0.3) is 10.1 Å². The molecule has 1 heterocycles. The highest BCUT2D eigenvalue weighted by atomic mass is 32.2. The first-order valence-electron chi connectivity index (χ1n) is 6.13. The summed E-state index contributed by atoms with van der Waals surface area (Å²) < 4.78 is 26.8. The van der Waals surface area contributed by atoms with Crippen LogP contribution in [0.15, 0.2) is 30.3 Å². The van der Waals surface area contributed by atoms with E-state index in [1.54, 1.807) is 4.90 Å². The predicted octanol–water partition coefficient (Wildman–Crippen LogP) is 1.15. The van der Waals surface area contributed by atoms with Crippen LogP contribution in [0.4, 0.5) is 0 Å². The molecule has 0 radical (unpaired) electrons. The minimum atomic E-state index is -3.46. The Labute approximate surface area is 113 Å². The average molecular weight is 283 g/mol. The molecule has 1 fully saturated rings. The van der Waals surface area contributed by atoms with Gasteiger partial charge in [0.05, 0.1) is 18.9 Å². The van der Waals surface area contributed by atoms with E-state index in [4.69, 9.17) is 4.18 Å². The number of benzene rings is 1. The lowest BCUT2D eigenvalue weighted by Gasteiger charge is -2.24. The van der Waals surface area contributed by atoms with Gasteiger partial charge in [0.15, 0.2) is 0 Å². The summed E-state index contributed by atoms with van der Waals surface area (Å²) in [5.74, 6) is 0.0472. The number of rotatable bonds is 5. The van der Waals surface area contributed by atoms with Gasteiger partial charge in [-0.05, 0) is 12.0 Å². The van der Waals surface area contributed by atoms with Crippen LogP contribution in [0.25, 0.3) is 0 Å². The molecule has 19 heavy (non-hydrogen) atoms. The Kier molecular flexibility index (Phi) is 4.21. The van der Waals surface area contributed by atoms with Crippen molar-refractivity contribution >= 4 is 16.0 Å². The molecule has 1 saturated heterocycles. The molecule has 104 valence electrons. The van der Waals surface area contributed by atoms with Gasteiger partial charge < -0.3 is 4.90 Å². The van der Waals surface area contributed by atoms with E-state index in [-0.39, 0.29) is 18.6 Å². The predicted molar refractivity (Wildman–Crippen MR) is 70.8 cm³/mol. The second kappa shape index (κ2) is 5.71. The van der Waals surface area contributed by atoms with E-state index < -0.39 is 10.1 Å². The van der Waals surface area contributed by atoms with Crippen LogP contribution in [-0.4, -0.2) is 38.1 Å². The summed E-state index contributed by atoms with van der Waals surface area (Å²) in [6.45, 7) is 0.537. The highest BCUT2D eigenvalue weighted by Crippen LogP contribution is 2.22. The maximum atomic E-state index is 11.8. The van der Waals surface area contributed by atoms with E-state index in [0.717, 1.165) is 11.8 Å². The number of nitrogens with zero attached hydrogens (tertiary/aromatic N) is 1. The quantitative estimate of drug-likeness (QED) is 0.761. The van der Waals surface area contributed by atoms with Crippen LogP contribution in [0.5, 0.6) is 0 Å². The lowest BCUT2D eigenvalue weighted by atomic mass is 10.2. The first kappa shape index (κ1) is 14.0. The van der Waals surface area contributed by atoms with Gasteiger partial charge in [-0.25, -0.2) is 0 Å². The van der Waals surface area contributed by atoms with Crippen molar-refractivity contribution < 1.29 is 17.4 Å². The van der Waals surface area contributed by atoms with E-state index in [1.807, 2.05) is 30.3 Å². The molecule has 0 spiro atoms. The third-order valence-electron chi connectivity index (χ3n) is 3.12. The molecule has 1 aromatic carbocycles. The fourth-order valence-corrected chi connectivity index (χ4v) is 2.57. The standard InChI is InChI=1S/C13H17NO4S/c1-19(16,17)18-10-12-7-8-13(15)14(12)9-11-5-3-2-4-6-11/h2-6,12H,7-10H2,1H3. The van der Waals surface area contributed by atoms with E-state index in [9.17, 15) is 13.2 Å². The highest BCUT2D eigenvalue weighted by Gasteiger charge is 2.31. The molecule has 1 atom stereocenters. The number of carbonyl (C=O) groups excluding carboxylic acids is 1. The molecule has 1 amide bonds. The third kappa shape index (κ3) is 4.04. The first-order valence-corrected chi connectivity index (χ1v) is 7.95. The molecule has 1 unspecified atom stereocenters. The van der Waals surface area contributed by atoms with E-state index in [0.29, 0.717) is 19.4 Å². The van der Waals surface area contributed by atoms with E-state index >= 15 is 0 Å². The first-order chi connectivity index (χ1) is 8.96. The molecular formula is C13H17NO4S. The Morgan fingerprint density at radius 1 is 1.32 bits per heavy atom. The van der Waals surface area contributed by atoms with Crippen LogP contribution in [-0.2, 0) is 25.6 Å². The zero-order valence-corrected chi connectivity index (χ0v) is 11.6. The third-order valence-corrected chi connectivity index (χ3v) is 3.69. The fourth-order valence-electron chi connectivity index (χ4n) is 2.17. The van der Waals surface area contributed by atoms with Crippen LogP contribution in [0.2, 0.25) is 0 Å². The van der Waals surface area contributed by atoms with Crippen molar-refractivity contribution in [1.82, 2.24) is 4.90 Å². The zero-order valence-electron chi connectivity index (χ0n) is 10.8. The second-order valence-electron chi connectivity index (χ2n) is 4.69. The van der Waals surface area contributed by atoms with Crippen molar-refractivity contribution in [1.29, 1.82) is 0 Å². The summed E-state index contributed by atoms with van der Waals surface area (Å²) in [5, 5.41) is 0. The Bertz CT molecular complexity index is 541. The summed E-state index contributed by atoms with van der Waals surface area (Å²) >= 11 is 0. The van der Waals surface area contributed by atoms with Crippen LogP contribution < -0.4 is 0 Å². The van der Waals surface area contributed by atoms with Gasteiger partial charge in [-0.2, -0.15) is 8.42 Å². The molecule has 1 aromatic rings. The molecule has 0 saturated carbocycles. The number of amides is 1. The lowest BCUT2D eigenvalue weighted by molar-refractivity contribution is -0.129. The van der Waals surface area contributed by atoms with Crippen LogP contribution in [0.3, 0.4) is 0 Å². The van der Waals surface area contributed by atoms with E-state index in [2.05, 4.69) is 0 Å². The molecule has 0 N–H and O–H groups in total. The molecule has 5 nitrogen and oxygen atoms in total. The number of likely N-dealkylation sites (tertiary alicyclic amines) is 1. The highest BCUT2D eigenvalue weighted by molar-refractivity contribution is 7.85. The SMILES string of the molecule is CS(=O)(=O)OCC1CCC(=O)N1Cc1ccccc1. The van der Waals surface area contributed by atoms with Gasteiger partial charge in [-0.15, -0.1) is 0 Å². The zero-order chi connectivity index (χ0) is 13.9. The van der Waals surface area contributed by atoms with Crippen molar-refractivity contribution in [3.05, 3.63) is 35.9 Å². The fraction of sp³-hybridized carbons (Fsp3) is 0.462. The monoisotopic (exact) mass is 283 g/mol. The smallest absolute Gasteiger partial charge is 0.264 e. The average Bonchev–Trinajstić information content (AvgIpc) is 2.69. The van der Waals surface area contributed by atoms with E-state index in [1.165, 1.54) is 0 Å². The topological polar surface area (TPSA) is 63.7 Å². The summed E-state index contributed by atoms with van der Waals surface area (Å²) in [6.07, 6.45) is 2.11. The molecule has 0 bridgehead atoms. The Hall–Kier alpha value is -1.40. The molecule has 2 rings (SSSR count). The minimum Gasteiger partial charge on any atom is -0.333 e. The Morgan fingerprint density at radius 3 is 2.63 bits per heavy atom. The number of carbonyl (C=O) groups is 1. The molecule has 1 aliphatic rings. The largest absolute Gasteiger partial charge is 0.333 e. The second-order valence-corrected chi connectivity index (χ2v) is 6.33. The van der Waals surface area contributed by atoms with Gasteiger partial charge >= 0.3 is 0 Å². The van der Waals surface area contributed by atoms with Gasteiger partial charge in [0, 0.05) is 13.0 Å². The van der Waals surface area contributed by atoms with Crippen LogP contribution >= 0.6 is 0 Å². The lowest BCUT2D eigenvalue weighted by Crippen LogP contribution is -2.36. The number of hydrogen-bond donors (Lipinski definition) is 0. The molecule has 6 heteroatoms.